The lowest BCUT2D eigenvalue weighted by Crippen LogP contribution is -2.36. The maximum absolute atomic E-state index is 5.76. The third kappa shape index (κ3) is 7.33. The molecule has 160 valence electrons. The lowest BCUT2D eigenvalue weighted by Gasteiger charge is -2.11. The normalized spacial score (nSPS) is 11.1. The number of nitrogens with zero attached hydrogens (tertiary/aromatic N) is 3. The van der Waals surface area contributed by atoms with Crippen molar-refractivity contribution in [1.29, 1.82) is 0 Å². The fourth-order valence-corrected chi connectivity index (χ4v) is 2.61. The molecule has 0 fully saturated rings. The molecule has 0 atom stereocenters. The Morgan fingerprint density at radius 1 is 1.10 bits per heavy atom. The fourth-order valence-electron chi connectivity index (χ4n) is 2.61. The maximum atomic E-state index is 5.76. The second-order valence-corrected chi connectivity index (χ2v) is 6.91. The summed E-state index contributed by atoms with van der Waals surface area (Å²) in [5.74, 6) is 2.64. The Morgan fingerprint density at radius 2 is 1.87 bits per heavy atom. The van der Waals surface area contributed by atoms with Crippen LogP contribution in [0.25, 0.3) is 0 Å². The summed E-state index contributed by atoms with van der Waals surface area (Å²) in [4.78, 5) is 8.49. The van der Waals surface area contributed by atoms with Crippen LogP contribution in [0.3, 0.4) is 0 Å². The number of guanidine groups is 1. The summed E-state index contributed by atoms with van der Waals surface area (Å²) < 4.78 is 11.1. The van der Waals surface area contributed by atoms with Crippen molar-refractivity contribution in [2.24, 2.45) is 4.99 Å². The van der Waals surface area contributed by atoms with Crippen LogP contribution in [0, 0.1) is 0 Å². The number of hydrogen-bond acceptors (Lipinski definition) is 5. The van der Waals surface area contributed by atoms with Gasteiger partial charge >= 0.3 is 0 Å². The molecule has 30 heavy (non-hydrogen) atoms. The zero-order valence-corrected chi connectivity index (χ0v) is 19.8. The molecule has 3 rings (SSSR count). The number of halogens is 1. The molecule has 3 aromatic rings. The van der Waals surface area contributed by atoms with Gasteiger partial charge in [0.25, 0.3) is 0 Å². The van der Waals surface area contributed by atoms with E-state index in [1.165, 1.54) is 0 Å². The summed E-state index contributed by atoms with van der Waals surface area (Å²) in [6.45, 7) is 5.80. The molecule has 0 bridgehead atoms. The molecule has 2 heterocycles. The van der Waals surface area contributed by atoms with Crippen molar-refractivity contribution in [3.05, 3.63) is 77.4 Å². The molecule has 0 aliphatic rings. The molecule has 0 aliphatic heterocycles. The average Bonchev–Trinajstić information content (AvgIpc) is 3.23. The van der Waals surface area contributed by atoms with Crippen LogP contribution < -0.4 is 15.4 Å². The Hall–Kier alpha value is -2.62. The van der Waals surface area contributed by atoms with Gasteiger partial charge in [-0.05, 0) is 35.7 Å². The van der Waals surface area contributed by atoms with Crippen LogP contribution in [-0.2, 0) is 19.7 Å². The minimum Gasteiger partial charge on any atom is -0.487 e. The number of aromatic nitrogens is 2. The van der Waals surface area contributed by atoms with Crippen LogP contribution in [0.15, 0.2) is 64.2 Å². The van der Waals surface area contributed by atoms with E-state index in [1.807, 2.05) is 48.5 Å². The first kappa shape index (κ1) is 23.7. The van der Waals surface area contributed by atoms with Gasteiger partial charge in [-0.1, -0.05) is 37.2 Å². The molecule has 7 nitrogen and oxygen atoms in total. The molecule has 0 saturated heterocycles. The molecule has 0 radical (unpaired) electrons. The van der Waals surface area contributed by atoms with Gasteiger partial charge in [0.1, 0.15) is 12.4 Å². The predicted molar refractivity (Wildman–Crippen MR) is 128 cm³/mol. The Labute approximate surface area is 194 Å². The molecule has 2 N–H and O–H groups in total. The number of nitrogens with one attached hydrogen (secondary N) is 2. The van der Waals surface area contributed by atoms with E-state index in [2.05, 4.69) is 39.6 Å². The molecule has 0 spiro atoms. The van der Waals surface area contributed by atoms with E-state index < -0.39 is 0 Å². The third-order valence-electron chi connectivity index (χ3n) is 4.32. The molecule has 0 aliphatic carbocycles. The Balaban J connectivity index is 0.00000320. The Kier molecular flexibility index (Phi) is 9.59. The molecular weight excluding hydrogens is 493 g/mol. The predicted octanol–water partition coefficient (Wildman–Crippen LogP) is 4.26. The monoisotopic (exact) mass is 521 g/mol. The number of rotatable bonds is 8. The van der Waals surface area contributed by atoms with Crippen LogP contribution in [0.1, 0.15) is 42.5 Å². The lowest BCUT2D eigenvalue weighted by molar-refractivity contribution is 0.301. The highest BCUT2D eigenvalue weighted by Gasteiger charge is 2.08. The lowest BCUT2D eigenvalue weighted by atomic mass is 10.1. The summed E-state index contributed by atoms with van der Waals surface area (Å²) in [5, 5.41) is 10.6. The number of benzene rings is 1. The fraction of sp³-hybridized carbons (Fsp3) is 0.318. The van der Waals surface area contributed by atoms with Crippen molar-refractivity contribution in [2.75, 3.05) is 7.05 Å². The summed E-state index contributed by atoms with van der Waals surface area (Å²) in [5.41, 5.74) is 2.98. The molecular formula is C22H28IN5O2. The van der Waals surface area contributed by atoms with E-state index in [0.29, 0.717) is 31.6 Å². The molecule has 8 heteroatoms. The number of ether oxygens (including phenoxy) is 1. The van der Waals surface area contributed by atoms with Gasteiger partial charge < -0.3 is 19.9 Å². The number of pyridine rings is 1. The molecule has 0 saturated carbocycles. The molecule has 1 aromatic carbocycles. The minimum atomic E-state index is 0. The third-order valence-corrected chi connectivity index (χ3v) is 4.32. The first-order valence-corrected chi connectivity index (χ1v) is 9.65. The summed E-state index contributed by atoms with van der Waals surface area (Å²) in [6, 6.07) is 15.7. The van der Waals surface area contributed by atoms with Gasteiger partial charge in [0, 0.05) is 25.9 Å². The summed E-state index contributed by atoms with van der Waals surface area (Å²) in [6.07, 6.45) is 1.76. The van der Waals surface area contributed by atoms with Gasteiger partial charge in [0.05, 0.1) is 17.9 Å². The van der Waals surface area contributed by atoms with Crippen molar-refractivity contribution in [2.45, 2.75) is 39.5 Å². The van der Waals surface area contributed by atoms with Crippen LogP contribution in [0.5, 0.6) is 5.75 Å². The summed E-state index contributed by atoms with van der Waals surface area (Å²) in [7, 11) is 1.74. The highest BCUT2D eigenvalue weighted by atomic mass is 127. The maximum Gasteiger partial charge on any atom is 0.191 e. The molecule has 2 aromatic heterocycles. The van der Waals surface area contributed by atoms with E-state index in [0.717, 1.165) is 28.5 Å². The topological polar surface area (TPSA) is 84.6 Å². The SMILES string of the molecule is CN=C(NCc1ccc(OCc2ccccn2)cc1)NCc1cc(C(C)C)no1.I. The van der Waals surface area contributed by atoms with Crippen molar-refractivity contribution in [3.8, 4) is 5.75 Å². The summed E-state index contributed by atoms with van der Waals surface area (Å²) >= 11 is 0. The van der Waals surface area contributed by atoms with Crippen molar-refractivity contribution in [1.82, 2.24) is 20.8 Å². The van der Waals surface area contributed by atoms with Crippen LogP contribution >= 0.6 is 24.0 Å². The van der Waals surface area contributed by atoms with E-state index in [4.69, 9.17) is 9.26 Å². The standard InChI is InChI=1S/C22H27N5O2.HI/c1-16(2)21-12-20(29-27-21)14-26-22(23-3)25-13-17-7-9-19(10-8-17)28-15-18-6-4-5-11-24-18;/h4-12,16H,13-15H2,1-3H3,(H2,23,25,26);1H. The highest BCUT2D eigenvalue weighted by Crippen LogP contribution is 2.14. The molecule has 0 amide bonds. The van der Waals surface area contributed by atoms with Gasteiger partial charge in [-0.15, -0.1) is 24.0 Å². The van der Waals surface area contributed by atoms with Crippen LogP contribution in [-0.4, -0.2) is 23.1 Å². The van der Waals surface area contributed by atoms with E-state index in [1.54, 1.807) is 13.2 Å². The van der Waals surface area contributed by atoms with Crippen LogP contribution in [0.2, 0.25) is 0 Å². The van der Waals surface area contributed by atoms with Crippen molar-refractivity contribution in [3.63, 3.8) is 0 Å². The first-order valence-electron chi connectivity index (χ1n) is 9.65. The molecule has 0 unspecified atom stereocenters. The van der Waals surface area contributed by atoms with Gasteiger partial charge in [0.2, 0.25) is 0 Å². The second-order valence-electron chi connectivity index (χ2n) is 6.91. The quantitative estimate of drug-likeness (QED) is 0.262. The van der Waals surface area contributed by atoms with Crippen molar-refractivity contribution < 1.29 is 9.26 Å². The zero-order valence-electron chi connectivity index (χ0n) is 17.5. The van der Waals surface area contributed by atoms with Gasteiger partial charge in [0.15, 0.2) is 11.7 Å². The van der Waals surface area contributed by atoms with Crippen LogP contribution in [0.4, 0.5) is 0 Å². The first-order chi connectivity index (χ1) is 14.1. The van der Waals surface area contributed by atoms with Gasteiger partial charge in [-0.2, -0.15) is 0 Å². The minimum absolute atomic E-state index is 0. The van der Waals surface area contributed by atoms with Crippen molar-refractivity contribution >= 4 is 29.9 Å². The smallest absolute Gasteiger partial charge is 0.191 e. The Morgan fingerprint density at radius 3 is 2.50 bits per heavy atom. The average molecular weight is 521 g/mol. The Bertz CT molecular complexity index is 911. The second kappa shape index (κ2) is 12.2. The number of aliphatic imine (C=N–C) groups is 1. The highest BCUT2D eigenvalue weighted by molar-refractivity contribution is 14.0. The van der Waals surface area contributed by atoms with Gasteiger partial charge in [-0.25, -0.2) is 0 Å². The zero-order chi connectivity index (χ0) is 20.5. The largest absolute Gasteiger partial charge is 0.487 e. The van der Waals surface area contributed by atoms with Gasteiger partial charge in [-0.3, -0.25) is 9.98 Å². The van der Waals surface area contributed by atoms with E-state index in [9.17, 15) is 0 Å². The van der Waals surface area contributed by atoms with E-state index in [-0.39, 0.29) is 24.0 Å². The number of hydrogen-bond donors (Lipinski definition) is 2. The van der Waals surface area contributed by atoms with E-state index >= 15 is 0 Å².